The molecule has 1 aromatic carbocycles. The summed E-state index contributed by atoms with van der Waals surface area (Å²) in [6.07, 6.45) is -1.72. The van der Waals surface area contributed by atoms with E-state index in [0.717, 1.165) is 5.56 Å². The van der Waals surface area contributed by atoms with Crippen molar-refractivity contribution in [1.29, 1.82) is 0 Å². The van der Waals surface area contributed by atoms with Crippen LogP contribution in [0.5, 0.6) is 0 Å². The summed E-state index contributed by atoms with van der Waals surface area (Å²) in [5.41, 5.74) is 0.0703. The first-order chi connectivity index (χ1) is 12.2. The minimum absolute atomic E-state index is 0.0836. The molecular weight excluding hydrogens is 338 g/mol. The van der Waals surface area contributed by atoms with Crippen LogP contribution < -0.4 is 16.0 Å². The fraction of sp³-hybridized carbons (Fsp3) is 0.500. The second-order valence-electron chi connectivity index (χ2n) is 7.26. The van der Waals surface area contributed by atoms with Gasteiger partial charge in [0.15, 0.2) is 0 Å². The average molecular weight is 363 g/mol. The van der Waals surface area contributed by atoms with Crippen molar-refractivity contribution in [2.75, 3.05) is 6.54 Å². The van der Waals surface area contributed by atoms with E-state index < -0.39 is 35.8 Å². The van der Waals surface area contributed by atoms with Gasteiger partial charge >= 0.3 is 12.2 Å². The maximum Gasteiger partial charge on any atom is 0.407 e. The zero-order valence-electron chi connectivity index (χ0n) is 15.1. The first-order valence-electron chi connectivity index (χ1n) is 8.46. The van der Waals surface area contributed by atoms with Crippen molar-refractivity contribution in [3.05, 3.63) is 35.9 Å². The van der Waals surface area contributed by atoms with Gasteiger partial charge in [-0.25, -0.2) is 9.59 Å². The molecule has 8 heteroatoms. The molecular formula is C18H25N3O5. The number of hydrogen-bond acceptors (Lipinski definition) is 4. The molecule has 8 nitrogen and oxygen atoms in total. The van der Waals surface area contributed by atoms with Gasteiger partial charge in [-0.15, -0.1) is 0 Å². The molecule has 26 heavy (non-hydrogen) atoms. The standard InChI is InChI=1S/C18H25N3O5/c1-18(2,3)26-17(25)20-13-10-19-14(22)9-12(13)15(21-16(23)24)11-7-5-4-6-8-11/h4-8,12-13,15,21H,9-10H2,1-3H3,(H,19,22)(H,20,25)(H,23,24). The van der Waals surface area contributed by atoms with Crippen LogP contribution in [0.2, 0.25) is 0 Å². The van der Waals surface area contributed by atoms with Gasteiger partial charge in [-0.3, -0.25) is 4.79 Å². The summed E-state index contributed by atoms with van der Waals surface area (Å²) in [4.78, 5) is 35.4. The Hall–Kier alpha value is -2.77. The molecule has 3 amide bonds. The Morgan fingerprint density at radius 3 is 2.50 bits per heavy atom. The van der Waals surface area contributed by atoms with E-state index in [1.807, 2.05) is 6.07 Å². The van der Waals surface area contributed by atoms with Crippen molar-refractivity contribution in [2.24, 2.45) is 5.92 Å². The fourth-order valence-corrected chi connectivity index (χ4v) is 3.00. The van der Waals surface area contributed by atoms with Crippen molar-refractivity contribution < 1.29 is 24.2 Å². The van der Waals surface area contributed by atoms with Crippen LogP contribution in [0, 0.1) is 5.92 Å². The van der Waals surface area contributed by atoms with Crippen molar-refractivity contribution in [1.82, 2.24) is 16.0 Å². The Bertz CT molecular complexity index is 657. The van der Waals surface area contributed by atoms with Gasteiger partial charge in [0.1, 0.15) is 5.60 Å². The van der Waals surface area contributed by atoms with Gasteiger partial charge in [0.05, 0.1) is 12.1 Å². The molecule has 1 aliphatic rings. The number of nitrogens with one attached hydrogen (secondary N) is 3. The third kappa shape index (κ3) is 5.65. The van der Waals surface area contributed by atoms with Crippen LogP contribution in [0.1, 0.15) is 38.8 Å². The van der Waals surface area contributed by atoms with Gasteiger partial charge in [0, 0.05) is 18.9 Å². The van der Waals surface area contributed by atoms with Crippen LogP contribution >= 0.6 is 0 Å². The summed E-state index contributed by atoms with van der Waals surface area (Å²) in [7, 11) is 0. The molecule has 0 radical (unpaired) electrons. The number of benzene rings is 1. The lowest BCUT2D eigenvalue weighted by Crippen LogP contribution is -2.57. The Labute approximate surface area is 152 Å². The maximum atomic E-state index is 12.2. The Morgan fingerprint density at radius 2 is 1.92 bits per heavy atom. The van der Waals surface area contributed by atoms with E-state index in [1.54, 1.807) is 45.0 Å². The first kappa shape index (κ1) is 19.6. The molecule has 142 valence electrons. The Kier molecular flexibility index (Phi) is 6.07. The smallest absolute Gasteiger partial charge is 0.407 e. The number of carbonyl (C=O) groups is 3. The third-order valence-corrected chi connectivity index (χ3v) is 4.03. The Balaban J connectivity index is 2.24. The van der Waals surface area contributed by atoms with Crippen LogP contribution in [-0.4, -0.2) is 41.4 Å². The molecule has 3 unspecified atom stereocenters. The number of ether oxygens (including phenoxy) is 1. The van der Waals surface area contributed by atoms with Gasteiger partial charge in [-0.1, -0.05) is 30.3 Å². The molecule has 0 spiro atoms. The lowest BCUT2D eigenvalue weighted by Gasteiger charge is -2.37. The topological polar surface area (TPSA) is 117 Å². The fourth-order valence-electron chi connectivity index (χ4n) is 3.00. The summed E-state index contributed by atoms with van der Waals surface area (Å²) in [5, 5.41) is 17.2. The third-order valence-electron chi connectivity index (χ3n) is 4.03. The highest BCUT2D eigenvalue weighted by Crippen LogP contribution is 2.30. The number of piperidine rings is 1. The van der Waals surface area contributed by atoms with E-state index in [-0.39, 0.29) is 18.9 Å². The molecule has 0 aromatic heterocycles. The lowest BCUT2D eigenvalue weighted by atomic mass is 9.82. The number of rotatable bonds is 4. The number of hydrogen-bond donors (Lipinski definition) is 4. The highest BCUT2D eigenvalue weighted by Gasteiger charge is 2.38. The average Bonchev–Trinajstić information content (AvgIpc) is 2.53. The number of carbonyl (C=O) groups excluding carboxylic acids is 2. The van der Waals surface area contributed by atoms with Crippen LogP contribution in [0.25, 0.3) is 0 Å². The molecule has 3 atom stereocenters. The van der Waals surface area contributed by atoms with Crippen LogP contribution in [-0.2, 0) is 9.53 Å². The van der Waals surface area contributed by atoms with Crippen LogP contribution in [0.3, 0.4) is 0 Å². The summed E-state index contributed by atoms with van der Waals surface area (Å²) >= 11 is 0. The highest BCUT2D eigenvalue weighted by molar-refractivity contribution is 5.78. The summed E-state index contributed by atoms with van der Waals surface area (Å²) in [6, 6.07) is 7.89. The second-order valence-corrected chi connectivity index (χ2v) is 7.26. The number of carboxylic acid groups (broad SMARTS) is 1. The molecule has 1 heterocycles. The van der Waals surface area contributed by atoms with E-state index >= 15 is 0 Å². The highest BCUT2D eigenvalue weighted by atomic mass is 16.6. The monoisotopic (exact) mass is 363 g/mol. The minimum Gasteiger partial charge on any atom is -0.465 e. The van der Waals surface area contributed by atoms with Crippen molar-refractivity contribution in [3.8, 4) is 0 Å². The van der Waals surface area contributed by atoms with E-state index in [9.17, 15) is 19.5 Å². The summed E-state index contributed by atoms with van der Waals surface area (Å²) in [6.45, 7) is 5.47. The summed E-state index contributed by atoms with van der Waals surface area (Å²) in [5.74, 6) is -0.639. The van der Waals surface area contributed by atoms with Gasteiger partial charge in [0.2, 0.25) is 5.91 Å². The molecule has 1 aliphatic heterocycles. The molecule has 0 aliphatic carbocycles. The molecule has 1 fully saturated rings. The zero-order chi connectivity index (χ0) is 19.3. The quantitative estimate of drug-likeness (QED) is 0.653. The van der Waals surface area contributed by atoms with Crippen molar-refractivity contribution >= 4 is 18.1 Å². The molecule has 2 rings (SSSR count). The molecule has 0 saturated carbocycles. The van der Waals surface area contributed by atoms with Crippen LogP contribution in [0.15, 0.2) is 30.3 Å². The van der Waals surface area contributed by atoms with Crippen molar-refractivity contribution in [2.45, 2.75) is 44.9 Å². The largest absolute Gasteiger partial charge is 0.465 e. The SMILES string of the molecule is CC(C)(C)OC(=O)NC1CNC(=O)CC1C(NC(=O)O)c1ccccc1. The van der Waals surface area contributed by atoms with E-state index in [2.05, 4.69) is 16.0 Å². The molecule has 4 N–H and O–H groups in total. The number of amides is 3. The maximum absolute atomic E-state index is 12.2. The molecule has 1 saturated heterocycles. The minimum atomic E-state index is -1.19. The van der Waals surface area contributed by atoms with Gasteiger partial charge in [-0.05, 0) is 26.3 Å². The van der Waals surface area contributed by atoms with E-state index in [4.69, 9.17) is 4.74 Å². The van der Waals surface area contributed by atoms with Gasteiger partial charge in [-0.2, -0.15) is 0 Å². The van der Waals surface area contributed by atoms with Crippen LogP contribution in [0.4, 0.5) is 9.59 Å². The van der Waals surface area contributed by atoms with Crippen molar-refractivity contribution in [3.63, 3.8) is 0 Å². The predicted molar refractivity (Wildman–Crippen MR) is 94.6 cm³/mol. The first-order valence-corrected chi connectivity index (χ1v) is 8.46. The van der Waals surface area contributed by atoms with E-state index in [0.29, 0.717) is 0 Å². The molecule has 0 bridgehead atoms. The Morgan fingerprint density at radius 1 is 1.27 bits per heavy atom. The normalized spacial score (nSPS) is 21.3. The second kappa shape index (κ2) is 8.07. The van der Waals surface area contributed by atoms with Gasteiger partial charge in [0.25, 0.3) is 0 Å². The lowest BCUT2D eigenvalue weighted by molar-refractivity contribution is -0.124. The van der Waals surface area contributed by atoms with Gasteiger partial charge < -0.3 is 25.8 Å². The van der Waals surface area contributed by atoms with E-state index in [1.165, 1.54) is 0 Å². The predicted octanol–water partition coefficient (Wildman–Crippen LogP) is 2.02. The summed E-state index contributed by atoms with van der Waals surface area (Å²) < 4.78 is 5.28. The zero-order valence-corrected chi connectivity index (χ0v) is 15.1. The molecule has 1 aromatic rings. The number of alkyl carbamates (subject to hydrolysis) is 1.